The van der Waals surface area contributed by atoms with Gasteiger partial charge in [0.1, 0.15) is 0 Å². The predicted molar refractivity (Wildman–Crippen MR) is 285 cm³/mol. The number of aromatic nitrogens is 4. The van der Waals surface area contributed by atoms with Crippen LogP contribution >= 0.6 is 0 Å². The van der Waals surface area contributed by atoms with Gasteiger partial charge >= 0.3 is 157 Å². The number of imidazole rings is 1. The molecule has 0 saturated heterocycles. The standard InChI is InChI=1S/C39H36N3O.C22H30GeN.Ir/c1-22(2)30-20-28(27-13-9-8-10-14-27)21-31(23(3)4)36(30)42-33-16-12-11-15-32(33)41-38(42)29-18-17-24(5)34-35-25(6)19-26(7)40-39(35)43-37(29)34;1-17-10-12-19(13-11-17)22-15-20(14-18-8-6-5-7-9-18)21(16-24-22)23(2,3)4;/h8-17,19-23H,1-7H3;10-12,15-16,18H,5-9,14H2,1-4H3;/q2*-1;/i;1D3,14D2;. The van der Waals surface area contributed by atoms with Crippen molar-refractivity contribution in [2.24, 2.45) is 5.92 Å². The van der Waals surface area contributed by atoms with Crippen molar-refractivity contribution >= 4 is 50.8 Å². The summed E-state index contributed by atoms with van der Waals surface area (Å²) in [5, 5.41) is 2.15. The average molecular weight is 1140 g/mol. The van der Waals surface area contributed by atoms with Crippen molar-refractivity contribution in [2.45, 2.75) is 123 Å². The summed E-state index contributed by atoms with van der Waals surface area (Å²) in [4.78, 5) is 14.7. The monoisotopic (exact) mass is 1140 g/mol. The van der Waals surface area contributed by atoms with Gasteiger partial charge < -0.3 is 8.98 Å². The van der Waals surface area contributed by atoms with Gasteiger partial charge in [-0.05, 0) is 83.8 Å². The summed E-state index contributed by atoms with van der Waals surface area (Å²) >= 11 is -2.35. The molecule has 4 aromatic heterocycles. The van der Waals surface area contributed by atoms with Gasteiger partial charge in [-0.3, -0.25) is 4.98 Å². The number of pyridine rings is 2. The van der Waals surface area contributed by atoms with Crippen molar-refractivity contribution in [3.8, 4) is 39.5 Å². The zero-order valence-corrected chi connectivity index (χ0v) is 45.7. The van der Waals surface area contributed by atoms with Crippen molar-refractivity contribution in [2.75, 3.05) is 0 Å². The maximum atomic E-state index is 9.04. The van der Waals surface area contributed by atoms with Crippen LogP contribution < -0.4 is 4.40 Å². The first kappa shape index (κ1) is 42.9. The number of hydrogen-bond donors (Lipinski definition) is 0. The molecule has 1 saturated carbocycles. The van der Waals surface area contributed by atoms with Gasteiger partial charge in [0, 0.05) is 36.9 Å². The molecular weight excluding hydrogens is 1070 g/mol. The molecule has 10 rings (SSSR count). The minimum Gasteiger partial charge on any atom is 0 e. The summed E-state index contributed by atoms with van der Waals surface area (Å²) in [5.74, 6) is 8.26. The Kier molecular flexibility index (Phi) is 12.9. The van der Waals surface area contributed by atoms with Crippen LogP contribution in [0.2, 0.25) is 17.3 Å². The van der Waals surface area contributed by atoms with E-state index in [-0.39, 0.29) is 43.4 Å². The number of aryl methyl sites for hydroxylation is 4. The summed E-state index contributed by atoms with van der Waals surface area (Å²) in [6.07, 6.45) is 5.74. The molecule has 9 aromatic rings. The molecule has 0 atom stereocenters. The van der Waals surface area contributed by atoms with Crippen LogP contribution in [0.4, 0.5) is 0 Å². The van der Waals surface area contributed by atoms with Crippen molar-refractivity contribution in [3.63, 3.8) is 0 Å². The van der Waals surface area contributed by atoms with Crippen molar-refractivity contribution in [3.05, 3.63) is 161 Å². The van der Waals surface area contributed by atoms with Crippen LogP contribution in [0.5, 0.6) is 0 Å². The Morgan fingerprint density at radius 1 is 0.779 bits per heavy atom. The third kappa shape index (κ3) is 9.98. The Balaban J connectivity index is 0.000000208. The molecule has 0 spiro atoms. The topological polar surface area (TPSA) is 56.7 Å². The Morgan fingerprint density at radius 3 is 2.15 bits per heavy atom. The number of nitrogens with zero attached hydrogens (tertiary/aromatic N) is 4. The van der Waals surface area contributed by atoms with E-state index in [1.807, 2.05) is 19.2 Å². The number of hydrogen-bond acceptors (Lipinski definition) is 4. The third-order valence-electron chi connectivity index (χ3n) is 13.3. The second kappa shape index (κ2) is 20.4. The first-order valence-electron chi connectivity index (χ1n) is 26.6. The van der Waals surface area contributed by atoms with Gasteiger partial charge in [-0.15, -0.1) is 17.7 Å². The second-order valence-corrected chi connectivity index (χ2v) is 30.8. The zero-order valence-electron chi connectivity index (χ0n) is 46.2. The number of para-hydroxylation sites is 2. The smallest absolute Gasteiger partial charge is 0 e. The molecule has 1 aliphatic carbocycles. The van der Waals surface area contributed by atoms with E-state index in [2.05, 4.69) is 159 Å². The number of furan rings is 1. The van der Waals surface area contributed by atoms with Crippen molar-refractivity contribution in [1.29, 1.82) is 0 Å². The summed E-state index contributed by atoms with van der Waals surface area (Å²) in [6, 6.07) is 41.4. The minimum absolute atomic E-state index is 0. The fourth-order valence-electron chi connectivity index (χ4n) is 9.88. The summed E-state index contributed by atoms with van der Waals surface area (Å²) in [6.45, 7) is 13.2. The average Bonchev–Trinajstić information content (AvgIpc) is 3.93. The predicted octanol–water partition coefficient (Wildman–Crippen LogP) is 16.1. The third-order valence-corrected chi connectivity index (χ3v) is 17.6. The van der Waals surface area contributed by atoms with E-state index in [1.165, 1.54) is 40.4 Å². The van der Waals surface area contributed by atoms with Crippen LogP contribution in [0.1, 0.15) is 118 Å². The Labute approximate surface area is 428 Å². The van der Waals surface area contributed by atoms with E-state index >= 15 is 0 Å². The molecule has 0 aliphatic heterocycles. The van der Waals surface area contributed by atoms with E-state index < -0.39 is 26.5 Å². The fraction of sp³-hybridized carbons (Fsp3) is 0.328. The molecule has 0 bridgehead atoms. The minimum atomic E-state index is -2.35. The summed E-state index contributed by atoms with van der Waals surface area (Å²) in [5.41, 5.74) is 16.2. The van der Waals surface area contributed by atoms with Crippen LogP contribution in [-0.2, 0) is 26.5 Å². The van der Waals surface area contributed by atoms with Crippen molar-refractivity contribution < 1.29 is 31.4 Å². The molecule has 0 N–H and O–H groups in total. The van der Waals surface area contributed by atoms with Gasteiger partial charge in [0.15, 0.2) is 0 Å². The molecule has 0 unspecified atom stereocenters. The van der Waals surface area contributed by atoms with Gasteiger partial charge in [-0.25, -0.2) is 4.98 Å². The first-order valence-corrected chi connectivity index (χ1v) is 31.4. The van der Waals surface area contributed by atoms with Crippen LogP contribution in [0.25, 0.3) is 72.6 Å². The molecule has 1 aliphatic rings. The van der Waals surface area contributed by atoms with Gasteiger partial charge in [-0.2, -0.15) is 0 Å². The zero-order chi connectivity index (χ0) is 51.4. The number of fused-ring (bicyclic) bond motifs is 4. The normalized spacial score (nSPS) is 14.9. The van der Waals surface area contributed by atoms with Crippen LogP contribution in [0.15, 0.2) is 114 Å². The first-order chi connectivity index (χ1) is 34.1. The largest absolute Gasteiger partial charge is 0 e. The van der Waals surface area contributed by atoms with Crippen LogP contribution in [-0.4, -0.2) is 32.8 Å². The van der Waals surface area contributed by atoms with Crippen molar-refractivity contribution in [1.82, 2.24) is 19.5 Å². The molecule has 1 radical (unpaired) electrons. The summed E-state index contributed by atoms with van der Waals surface area (Å²) in [7, 11) is 0. The molecule has 7 heteroatoms. The van der Waals surface area contributed by atoms with Gasteiger partial charge in [0.25, 0.3) is 0 Å². The van der Waals surface area contributed by atoms with E-state index in [4.69, 9.17) is 21.2 Å². The fourth-order valence-corrected chi connectivity index (χ4v) is 12.8. The van der Waals surface area contributed by atoms with E-state index in [0.29, 0.717) is 17.0 Å². The van der Waals surface area contributed by atoms with E-state index in [1.54, 1.807) is 12.1 Å². The van der Waals surface area contributed by atoms with Gasteiger partial charge in [-0.1, -0.05) is 88.0 Å². The molecule has 5 aromatic carbocycles. The Morgan fingerprint density at radius 2 is 1.49 bits per heavy atom. The quantitative estimate of drug-likeness (QED) is 0.107. The Bertz CT molecular complexity index is 3410. The maximum absolute atomic E-state index is 9.04. The van der Waals surface area contributed by atoms with E-state index in [9.17, 15) is 0 Å². The maximum Gasteiger partial charge on any atom is 0 e. The summed E-state index contributed by atoms with van der Waals surface area (Å²) < 4.78 is 50.7. The molecule has 5 nitrogen and oxygen atoms in total. The van der Waals surface area contributed by atoms with E-state index in [0.717, 1.165) is 91.2 Å². The van der Waals surface area contributed by atoms with Gasteiger partial charge in [0.2, 0.25) is 5.71 Å². The van der Waals surface area contributed by atoms with Crippen LogP contribution in [0.3, 0.4) is 0 Å². The molecule has 351 valence electrons. The SMILES string of the molecule is Cc1cc(C)c2c(n1)oc1c(-c3nc4ccccc4n3-c3c(C(C)C)cc(-c4ccccc4)cc3C(C)C)[c-]cc(C)c12.[2H]C([2H])([2H])c1c[c-]c(-c2cc(C([2H])([2H])C3CCCCC3)[c]([Ge]([CH3])([CH3])[CH3])cn2)cc1.[Ir]. The van der Waals surface area contributed by atoms with Gasteiger partial charge in [0.05, 0.1) is 22.4 Å². The molecule has 4 heterocycles. The number of benzene rings is 5. The molecular formula is C61H66GeIrN4O-2. The number of rotatable bonds is 9. The molecule has 1 fully saturated rings. The molecule has 68 heavy (non-hydrogen) atoms. The Hall–Kier alpha value is -5.14. The second-order valence-electron chi connectivity index (χ2n) is 20.2. The molecule has 0 amide bonds. The van der Waals surface area contributed by atoms with Crippen LogP contribution in [0, 0.1) is 45.7 Å².